The quantitative estimate of drug-likeness (QED) is 0.476. The number of carbonyl (C=O) groups excluding carboxylic acids is 2. The van der Waals surface area contributed by atoms with E-state index in [1.54, 1.807) is 28.9 Å². The van der Waals surface area contributed by atoms with E-state index in [4.69, 9.17) is 0 Å². The van der Waals surface area contributed by atoms with Gasteiger partial charge in [-0.15, -0.1) is 11.3 Å². The van der Waals surface area contributed by atoms with Crippen LogP contribution in [-0.2, 0) is 0 Å². The number of imidazole rings is 1. The lowest BCUT2D eigenvalue weighted by Gasteiger charge is -2.27. The van der Waals surface area contributed by atoms with Crippen molar-refractivity contribution >= 4 is 28.8 Å². The summed E-state index contributed by atoms with van der Waals surface area (Å²) in [5.74, 6) is 0.102. The number of fused-ring (bicyclic) bond motifs is 2. The molecule has 1 aromatic carbocycles. The van der Waals surface area contributed by atoms with Gasteiger partial charge < -0.3 is 10.2 Å². The number of amides is 2. The van der Waals surface area contributed by atoms with Gasteiger partial charge in [-0.05, 0) is 55.0 Å². The number of pyridine rings is 1. The molecular weight excluding hydrogens is 453 g/mol. The van der Waals surface area contributed by atoms with Gasteiger partial charge in [0.25, 0.3) is 11.8 Å². The summed E-state index contributed by atoms with van der Waals surface area (Å²) in [7, 11) is 0. The number of hydrogen-bond donors (Lipinski definition) is 1. The van der Waals surface area contributed by atoms with Gasteiger partial charge in [-0.1, -0.05) is 18.2 Å². The largest absolute Gasteiger partial charge is 0.349 e. The number of hydrogen-bond acceptors (Lipinski definition) is 5. The molecule has 2 amide bonds. The van der Waals surface area contributed by atoms with Gasteiger partial charge in [0.05, 0.1) is 22.1 Å². The maximum atomic E-state index is 13.8. The molecule has 1 aliphatic heterocycles. The molecule has 1 aliphatic carbocycles. The number of benzene rings is 1. The number of carbonyl (C=O) groups is 2. The Bertz CT molecular complexity index is 1430. The number of nitrogens with one attached hydrogen (secondary N) is 1. The Balaban J connectivity index is 1.23. The molecule has 3 atom stereocenters. The predicted molar refractivity (Wildman–Crippen MR) is 126 cm³/mol. The molecule has 3 aromatic heterocycles. The van der Waals surface area contributed by atoms with Crippen LogP contribution in [0.25, 0.3) is 16.1 Å². The Labute approximate surface area is 199 Å². The zero-order chi connectivity index (χ0) is 23.4. The average molecular weight is 476 g/mol. The zero-order valence-electron chi connectivity index (χ0n) is 18.4. The van der Waals surface area contributed by atoms with Crippen molar-refractivity contribution in [3.05, 3.63) is 77.1 Å². The smallest absolute Gasteiger partial charge is 0.274 e. The third-order valence-electron chi connectivity index (χ3n) is 6.71. The summed E-state index contributed by atoms with van der Waals surface area (Å²) in [6, 6.07) is 11.7. The summed E-state index contributed by atoms with van der Waals surface area (Å²) in [6.45, 7) is 2.86. The monoisotopic (exact) mass is 475 g/mol. The van der Waals surface area contributed by atoms with Gasteiger partial charge in [0.2, 0.25) is 0 Å². The van der Waals surface area contributed by atoms with Gasteiger partial charge in [-0.3, -0.25) is 14.0 Å². The zero-order valence-corrected chi connectivity index (χ0v) is 19.3. The van der Waals surface area contributed by atoms with Crippen LogP contribution in [0.5, 0.6) is 0 Å². The van der Waals surface area contributed by atoms with E-state index in [0.29, 0.717) is 52.4 Å². The Morgan fingerprint density at radius 1 is 1.24 bits per heavy atom. The van der Waals surface area contributed by atoms with Crippen molar-refractivity contribution in [1.29, 1.82) is 0 Å². The fourth-order valence-electron chi connectivity index (χ4n) is 4.99. The van der Waals surface area contributed by atoms with Gasteiger partial charge in [0.1, 0.15) is 22.9 Å². The van der Waals surface area contributed by atoms with Crippen molar-refractivity contribution in [3.63, 3.8) is 0 Å². The van der Waals surface area contributed by atoms with Crippen LogP contribution in [0.3, 0.4) is 0 Å². The van der Waals surface area contributed by atoms with Crippen LogP contribution in [0.15, 0.2) is 54.9 Å². The standard InChI is InChI=1S/C25H22FN5O2S/c1-14-29-22(23(34-14)15-5-4-6-17(26)9-15)25(33)31-13-16-10-18(16)19(31)11-28-24(32)20-12-27-21-7-2-3-8-30(20)21/h2-9,12,16,18-19H,10-11,13H2,1H3,(H,28,32)/t16-,18-,19-/m1/s1. The van der Waals surface area contributed by atoms with Crippen molar-refractivity contribution in [2.75, 3.05) is 13.1 Å². The number of nitrogens with zero attached hydrogens (tertiary/aromatic N) is 4. The Morgan fingerprint density at radius 3 is 2.97 bits per heavy atom. The van der Waals surface area contributed by atoms with Gasteiger partial charge in [-0.25, -0.2) is 14.4 Å². The first-order chi connectivity index (χ1) is 16.5. The average Bonchev–Trinajstić information content (AvgIpc) is 3.17. The summed E-state index contributed by atoms with van der Waals surface area (Å²) >= 11 is 1.39. The number of aryl methyl sites for hydroxylation is 1. The Hall–Kier alpha value is -3.59. The first-order valence-electron chi connectivity index (χ1n) is 11.2. The summed E-state index contributed by atoms with van der Waals surface area (Å²) in [4.78, 5) is 37.8. The maximum Gasteiger partial charge on any atom is 0.274 e. The van der Waals surface area contributed by atoms with E-state index < -0.39 is 0 Å². The molecule has 1 saturated carbocycles. The molecule has 7 nitrogen and oxygen atoms in total. The minimum absolute atomic E-state index is 0.0944. The number of thiazole rings is 1. The van der Waals surface area contributed by atoms with Crippen molar-refractivity contribution in [3.8, 4) is 10.4 Å². The lowest BCUT2D eigenvalue weighted by Crippen LogP contribution is -2.46. The topological polar surface area (TPSA) is 79.6 Å². The van der Waals surface area contributed by atoms with E-state index in [1.165, 1.54) is 23.5 Å². The van der Waals surface area contributed by atoms with Crippen LogP contribution in [0, 0.1) is 24.6 Å². The van der Waals surface area contributed by atoms with E-state index in [9.17, 15) is 14.0 Å². The summed E-state index contributed by atoms with van der Waals surface area (Å²) in [5, 5.41) is 3.76. The Kier molecular flexibility index (Phi) is 4.95. The third kappa shape index (κ3) is 3.56. The minimum Gasteiger partial charge on any atom is -0.349 e. The summed E-state index contributed by atoms with van der Waals surface area (Å²) in [6.07, 6.45) is 4.43. The number of piperidine rings is 1. The van der Waals surface area contributed by atoms with Crippen molar-refractivity contribution in [2.24, 2.45) is 11.8 Å². The molecule has 4 aromatic rings. The fraction of sp³-hybridized carbons (Fsp3) is 0.280. The molecule has 1 saturated heterocycles. The molecular formula is C25H22FN5O2S. The fourth-order valence-corrected chi connectivity index (χ4v) is 5.89. The normalized spacial score (nSPS) is 21.0. The van der Waals surface area contributed by atoms with Crippen LogP contribution in [0.2, 0.25) is 0 Å². The number of rotatable bonds is 5. The van der Waals surface area contributed by atoms with Crippen LogP contribution in [0.4, 0.5) is 4.39 Å². The molecule has 172 valence electrons. The predicted octanol–water partition coefficient (Wildman–Crippen LogP) is 3.80. The van der Waals surface area contributed by atoms with Gasteiger partial charge >= 0.3 is 0 Å². The van der Waals surface area contributed by atoms with Gasteiger partial charge in [-0.2, -0.15) is 0 Å². The molecule has 2 fully saturated rings. The summed E-state index contributed by atoms with van der Waals surface area (Å²) in [5.41, 5.74) is 2.17. The first-order valence-corrected chi connectivity index (χ1v) is 12.1. The number of halogens is 1. The molecule has 0 unspecified atom stereocenters. The molecule has 9 heteroatoms. The second-order valence-electron chi connectivity index (χ2n) is 8.89. The second kappa shape index (κ2) is 8.02. The molecule has 34 heavy (non-hydrogen) atoms. The van der Waals surface area contributed by atoms with Crippen molar-refractivity contribution < 1.29 is 14.0 Å². The van der Waals surface area contributed by atoms with E-state index in [-0.39, 0.29) is 23.7 Å². The third-order valence-corrected chi connectivity index (χ3v) is 7.73. The highest BCUT2D eigenvalue weighted by atomic mass is 32.1. The van der Waals surface area contributed by atoms with E-state index in [2.05, 4.69) is 15.3 Å². The van der Waals surface area contributed by atoms with Crippen LogP contribution in [-0.4, -0.2) is 50.2 Å². The minimum atomic E-state index is -0.350. The Morgan fingerprint density at radius 2 is 2.12 bits per heavy atom. The first kappa shape index (κ1) is 21.0. The van der Waals surface area contributed by atoms with Crippen LogP contribution in [0.1, 0.15) is 32.4 Å². The molecule has 6 rings (SSSR count). The van der Waals surface area contributed by atoms with Crippen molar-refractivity contribution in [1.82, 2.24) is 24.6 Å². The molecule has 2 aliphatic rings. The molecule has 0 spiro atoms. The highest BCUT2D eigenvalue weighted by molar-refractivity contribution is 7.15. The second-order valence-corrected chi connectivity index (χ2v) is 10.1. The highest BCUT2D eigenvalue weighted by Gasteiger charge is 2.54. The number of aromatic nitrogens is 3. The maximum absolute atomic E-state index is 13.8. The SMILES string of the molecule is Cc1nc(C(=O)N2C[C@H]3C[C@H]3[C@H]2CNC(=O)c2cnc3ccccn23)c(-c2cccc(F)c2)s1. The highest BCUT2D eigenvalue weighted by Crippen LogP contribution is 2.50. The molecule has 1 N–H and O–H groups in total. The summed E-state index contributed by atoms with van der Waals surface area (Å²) < 4.78 is 15.6. The molecule has 0 radical (unpaired) electrons. The van der Waals surface area contributed by atoms with E-state index >= 15 is 0 Å². The van der Waals surface area contributed by atoms with Crippen molar-refractivity contribution in [2.45, 2.75) is 19.4 Å². The van der Waals surface area contributed by atoms with Gasteiger partial charge in [0.15, 0.2) is 0 Å². The van der Waals surface area contributed by atoms with Gasteiger partial charge in [0, 0.05) is 19.3 Å². The lowest BCUT2D eigenvalue weighted by atomic mass is 10.1. The van der Waals surface area contributed by atoms with Crippen LogP contribution < -0.4 is 5.32 Å². The van der Waals surface area contributed by atoms with E-state index in [0.717, 1.165) is 11.4 Å². The molecule has 4 heterocycles. The number of likely N-dealkylation sites (tertiary alicyclic amines) is 1. The van der Waals surface area contributed by atoms with Crippen LogP contribution >= 0.6 is 11.3 Å². The molecule has 0 bridgehead atoms. The lowest BCUT2D eigenvalue weighted by molar-refractivity contribution is 0.0690. The van der Waals surface area contributed by atoms with E-state index in [1.807, 2.05) is 30.0 Å².